The van der Waals surface area contributed by atoms with E-state index in [1.165, 1.54) is 0 Å². The van der Waals surface area contributed by atoms with Crippen LogP contribution in [0, 0.1) is 0 Å². The van der Waals surface area contributed by atoms with E-state index in [9.17, 15) is 0 Å². The van der Waals surface area contributed by atoms with Crippen LogP contribution in [0.15, 0.2) is 41.1 Å². The fraction of sp³-hybridized carbons (Fsp3) is 0.231. The molecule has 5 heteroatoms. The summed E-state index contributed by atoms with van der Waals surface area (Å²) in [6, 6.07) is 7.52. The lowest BCUT2D eigenvalue weighted by Crippen LogP contribution is -1.99. The third kappa shape index (κ3) is 3.07. The van der Waals surface area contributed by atoms with Gasteiger partial charge in [-0.2, -0.15) is 0 Å². The van der Waals surface area contributed by atoms with E-state index < -0.39 is 0 Å². The van der Waals surface area contributed by atoms with E-state index in [0.29, 0.717) is 18.7 Å². The van der Waals surface area contributed by atoms with Crippen LogP contribution in [0.1, 0.15) is 23.8 Å². The Kier molecular flexibility index (Phi) is 4.30. The summed E-state index contributed by atoms with van der Waals surface area (Å²) in [5, 5.41) is 12.1. The number of aromatic nitrogens is 1. The Morgan fingerprint density at radius 2 is 2.17 bits per heavy atom. The summed E-state index contributed by atoms with van der Waals surface area (Å²) < 4.78 is 5.62. The molecule has 0 aliphatic heterocycles. The maximum absolute atomic E-state index is 8.83. The van der Waals surface area contributed by atoms with Crippen molar-refractivity contribution >= 4 is 17.0 Å². The average Bonchev–Trinajstić information content (AvgIpc) is 2.92. The van der Waals surface area contributed by atoms with Gasteiger partial charge >= 0.3 is 0 Å². The highest BCUT2D eigenvalue weighted by molar-refractivity contribution is 7.09. The van der Waals surface area contributed by atoms with Crippen molar-refractivity contribution in [2.24, 2.45) is 5.16 Å². The van der Waals surface area contributed by atoms with Crippen LogP contribution in [0.3, 0.4) is 0 Å². The van der Waals surface area contributed by atoms with Gasteiger partial charge in [0.05, 0.1) is 16.1 Å². The molecule has 18 heavy (non-hydrogen) atoms. The molecule has 0 saturated heterocycles. The van der Waals surface area contributed by atoms with Crippen LogP contribution in [0.4, 0.5) is 0 Å². The zero-order valence-corrected chi connectivity index (χ0v) is 10.9. The number of hydrogen-bond donors (Lipinski definition) is 1. The Morgan fingerprint density at radius 3 is 2.72 bits per heavy atom. The fourth-order valence-electron chi connectivity index (χ4n) is 1.54. The van der Waals surface area contributed by atoms with Gasteiger partial charge in [-0.25, -0.2) is 0 Å². The van der Waals surface area contributed by atoms with Crippen LogP contribution in [0.2, 0.25) is 0 Å². The van der Waals surface area contributed by atoms with Crippen LogP contribution >= 0.6 is 11.3 Å². The van der Waals surface area contributed by atoms with Gasteiger partial charge < -0.3 is 9.94 Å². The summed E-state index contributed by atoms with van der Waals surface area (Å²) in [5.41, 5.74) is 3.36. The lowest BCUT2D eigenvalue weighted by molar-refractivity contribution is 0.309. The van der Waals surface area contributed by atoms with Crippen LogP contribution in [-0.2, 0) is 6.61 Å². The maximum Gasteiger partial charge on any atom is 0.124 e. The molecule has 1 N–H and O–H groups in total. The van der Waals surface area contributed by atoms with Gasteiger partial charge in [0.25, 0.3) is 0 Å². The Labute approximate surface area is 110 Å². The highest BCUT2D eigenvalue weighted by Gasteiger charge is 2.02. The van der Waals surface area contributed by atoms with E-state index in [1.54, 1.807) is 23.0 Å². The molecule has 2 rings (SSSR count). The maximum atomic E-state index is 8.83. The first-order valence-corrected chi connectivity index (χ1v) is 6.53. The molecule has 1 aromatic carbocycles. The quantitative estimate of drug-likeness (QED) is 0.511. The topological polar surface area (TPSA) is 54.7 Å². The molecular weight excluding hydrogens is 248 g/mol. The number of ether oxygens (including phenoxy) is 1. The van der Waals surface area contributed by atoms with E-state index in [-0.39, 0.29) is 0 Å². The summed E-state index contributed by atoms with van der Waals surface area (Å²) in [5.74, 6) is 0.792. The van der Waals surface area contributed by atoms with Crippen LogP contribution < -0.4 is 4.74 Å². The minimum Gasteiger partial charge on any atom is -0.488 e. The molecule has 1 aromatic heterocycles. The van der Waals surface area contributed by atoms with Crippen molar-refractivity contribution in [3.63, 3.8) is 0 Å². The van der Waals surface area contributed by atoms with Gasteiger partial charge in [0.15, 0.2) is 0 Å². The summed E-state index contributed by atoms with van der Waals surface area (Å²) in [6.45, 7) is 2.47. The molecule has 2 aromatic rings. The zero-order chi connectivity index (χ0) is 12.8. The van der Waals surface area contributed by atoms with E-state index >= 15 is 0 Å². The van der Waals surface area contributed by atoms with Crippen LogP contribution in [0.25, 0.3) is 0 Å². The van der Waals surface area contributed by atoms with Crippen molar-refractivity contribution in [2.75, 3.05) is 0 Å². The van der Waals surface area contributed by atoms with Crippen molar-refractivity contribution < 1.29 is 9.94 Å². The molecule has 0 unspecified atom stereocenters. The third-order valence-corrected chi connectivity index (χ3v) is 3.26. The largest absolute Gasteiger partial charge is 0.488 e. The van der Waals surface area contributed by atoms with Crippen molar-refractivity contribution in [1.29, 1.82) is 0 Å². The molecule has 4 nitrogen and oxygen atoms in total. The molecule has 0 atom stereocenters. The third-order valence-electron chi connectivity index (χ3n) is 2.51. The molecule has 0 spiro atoms. The van der Waals surface area contributed by atoms with E-state index in [1.807, 2.05) is 31.2 Å². The lowest BCUT2D eigenvalue weighted by atomic mass is 10.1. The first-order valence-electron chi connectivity index (χ1n) is 5.65. The molecule has 94 valence electrons. The van der Waals surface area contributed by atoms with Crippen LogP contribution in [0.5, 0.6) is 5.75 Å². The van der Waals surface area contributed by atoms with Gasteiger partial charge in [-0.1, -0.05) is 12.1 Å². The number of nitrogens with zero attached hydrogens (tertiary/aromatic N) is 2. The van der Waals surface area contributed by atoms with Gasteiger partial charge in [-0.3, -0.25) is 4.98 Å². The molecular formula is C13H14N2O2S. The van der Waals surface area contributed by atoms with E-state index in [0.717, 1.165) is 16.2 Å². The minimum atomic E-state index is 0.527. The van der Waals surface area contributed by atoms with Gasteiger partial charge in [0.2, 0.25) is 0 Å². The molecule has 0 amide bonds. The molecule has 0 saturated carbocycles. The van der Waals surface area contributed by atoms with Gasteiger partial charge in [0, 0.05) is 6.20 Å². The standard InChI is InChI=1S/C13H14N2O2S/c1-2-13(15-16)10-3-5-11(6-4-10)17-8-12-7-14-9-18-12/h3-7,9,16H,2,8H2,1H3/b15-13-. The molecule has 0 aliphatic rings. The molecule has 0 bridgehead atoms. The number of thiazole rings is 1. The summed E-state index contributed by atoms with van der Waals surface area (Å²) in [6.07, 6.45) is 2.49. The highest BCUT2D eigenvalue weighted by atomic mass is 32.1. The second-order valence-electron chi connectivity index (χ2n) is 3.68. The monoisotopic (exact) mass is 262 g/mol. The average molecular weight is 262 g/mol. The second-order valence-corrected chi connectivity index (χ2v) is 4.65. The van der Waals surface area contributed by atoms with Crippen molar-refractivity contribution in [3.05, 3.63) is 46.4 Å². The van der Waals surface area contributed by atoms with Gasteiger partial charge in [-0.05, 0) is 36.2 Å². The first-order chi connectivity index (χ1) is 8.83. The normalized spacial score (nSPS) is 11.5. The number of benzene rings is 1. The lowest BCUT2D eigenvalue weighted by Gasteiger charge is -2.06. The molecule has 0 aliphatic carbocycles. The van der Waals surface area contributed by atoms with E-state index in [4.69, 9.17) is 9.94 Å². The first kappa shape index (κ1) is 12.6. The fourth-order valence-corrected chi connectivity index (χ4v) is 2.05. The van der Waals surface area contributed by atoms with Crippen LogP contribution in [-0.4, -0.2) is 15.9 Å². The Morgan fingerprint density at radius 1 is 1.39 bits per heavy atom. The number of hydrogen-bond acceptors (Lipinski definition) is 5. The number of rotatable bonds is 5. The summed E-state index contributed by atoms with van der Waals surface area (Å²) in [4.78, 5) is 5.08. The SMILES string of the molecule is CC/C(=N/O)c1ccc(OCc2cncs2)cc1. The van der Waals surface area contributed by atoms with Crippen molar-refractivity contribution in [1.82, 2.24) is 4.98 Å². The summed E-state index contributed by atoms with van der Waals surface area (Å²) in [7, 11) is 0. The van der Waals surface area contributed by atoms with E-state index in [2.05, 4.69) is 10.1 Å². The molecule has 1 heterocycles. The Balaban J connectivity index is 1.99. The Hall–Kier alpha value is -1.88. The van der Waals surface area contributed by atoms with Gasteiger partial charge in [-0.15, -0.1) is 11.3 Å². The van der Waals surface area contributed by atoms with Gasteiger partial charge in [0.1, 0.15) is 12.4 Å². The minimum absolute atomic E-state index is 0.527. The highest BCUT2D eigenvalue weighted by Crippen LogP contribution is 2.16. The predicted octanol–water partition coefficient (Wildman–Crippen LogP) is 3.31. The zero-order valence-electron chi connectivity index (χ0n) is 10.0. The second kappa shape index (κ2) is 6.16. The van der Waals surface area contributed by atoms with Crippen molar-refractivity contribution in [3.8, 4) is 5.75 Å². The predicted molar refractivity (Wildman–Crippen MR) is 71.5 cm³/mol. The smallest absolute Gasteiger partial charge is 0.124 e. The Bertz CT molecular complexity index is 506. The molecule has 0 radical (unpaired) electrons. The summed E-state index contributed by atoms with van der Waals surface area (Å²) >= 11 is 1.57. The number of oxime groups is 1. The molecule has 0 fully saturated rings. The van der Waals surface area contributed by atoms with Crippen molar-refractivity contribution in [2.45, 2.75) is 20.0 Å².